The van der Waals surface area contributed by atoms with Crippen LogP contribution in [0.15, 0.2) is 18.2 Å². The minimum absolute atomic E-state index is 0.215. The topological polar surface area (TPSA) is 38.7 Å². The van der Waals surface area contributed by atoms with Gasteiger partial charge in [-0.2, -0.15) is 0 Å². The molecule has 3 heteroatoms. The van der Waals surface area contributed by atoms with Gasteiger partial charge in [0.15, 0.2) is 0 Å². The molecule has 3 nitrogen and oxygen atoms in total. The second-order valence-electron chi connectivity index (χ2n) is 5.72. The van der Waals surface area contributed by atoms with E-state index in [1.165, 1.54) is 0 Å². The molecule has 0 spiro atoms. The molecule has 0 radical (unpaired) electrons. The third-order valence-electron chi connectivity index (χ3n) is 2.96. The predicted molar refractivity (Wildman–Crippen MR) is 73.2 cm³/mol. The molecular weight excluding hydrogens is 228 g/mol. The maximum atomic E-state index is 10.3. The van der Waals surface area contributed by atoms with Gasteiger partial charge in [-0.15, -0.1) is 0 Å². The van der Waals surface area contributed by atoms with Crippen LogP contribution in [0.5, 0.6) is 11.5 Å². The molecule has 0 saturated carbocycles. The van der Waals surface area contributed by atoms with Crippen molar-refractivity contribution in [2.24, 2.45) is 5.41 Å². The van der Waals surface area contributed by atoms with E-state index >= 15 is 0 Å². The van der Waals surface area contributed by atoms with E-state index in [0.29, 0.717) is 12.2 Å². The number of ether oxygens (including phenoxy) is 2. The lowest BCUT2D eigenvalue weighted by Crippen LogP contribution is -2.09. The van der Waals surface area contributed by atoms with Crippen molar-refractivity contribution in [3.63, 3.8) is 0 Å². The molecule has 1 rings (SSSR count). The Labute approximate surface area is 110 Å². The Morgan fingerprint density at radius 3 is 2.33 bits per heavy atom. The molecule has 0 heterocycles. The Hall–Kier alpha value is -1.22. The number of aliphatic hydroxyl groups is 1. The summed E-state index contributed by atoms with van der Waals surface area (Å²) in [7, 11) is 3.23. The van der Waals surface area contributed by atoms with Crippen molar-refractivity contribution in [1.29, 1.82) is 0 Å². The van der Waals surface area contributed by atoms with Crippen LogP contribution in [-0.2, 0) is 0 Å². The van der Waals surface area contributed by atoms with E-state index in [2.05, 4.69) is 20.8 Å². The first-order valence-electron chi connectivity index (χ1n) is 6.27. The van der Waals surface area contributed by atoms with Crippen molar-refractivity contribution >= 4 is 0 Å². The summed E-state index contributed by atoms with van der Waals surface area (Å²) in [6.45, 7) is 6.51. The second-order valence-corrected chi connectivity index (χ2v) is 5.72. The van der Waals surface area contributed by atoms with Crippen molar-refractivity contribution in [3.8, 4) is 11.5 Å². The highest BCUT2D eigenvalue weighted by molar-refractivity contribution is 5.41. The van der Waals surface area contributed by atoms with Crippen LogP contribution in [0.4, 0.5) is 0 Å². The third kappa shape index (κ3) is 4.22. The van der Waals surface area contributed by atoms with Crippen LogP contribution in [0, 0.1) is 5.41 Å². The Bertz CT molecular complexity index is 380. The number of hydrogen-bond acceptors (Lipinski definition) is 3. The third-order valence-corrected chi connectivity index (χ3v) is 2.96. The van der Waals surface area contributed by atoms with Gasteiger partial charge in [-0.1, -0.05) is 20.8 Å². The van der Waals surface area contributed by atoms with E-state index in [4.69, 9.17) is 9.47 Å². The molecule has 1 aromatic carbocycles. The molecule has 102 valence electrons. The summed E-state index contributed by atoms with van der Waals surface area (Å²) in [5.74, 6) is 1.44. The Morgan fingerprint density at radius 1 is 1.17 bits per heavy atom. The number of hydrogen-bond donors (Lipinski definition) is 1. The van der Waals surface area contributed by atoms with Gasteiger partial charge in [0.25, 0.3) is 0 Å². The molecule has 0 fully saturated rings. The van der Waals surface area contributed by atoms with E-state index < -0.39 is 6.10 Å². The fraction of sp³-hybridized carbons (Fsp3) is 0.600. The maximum Gasteiger partial charge on any atom is 0.124 e. The number of benzene rings is 1. The largest absolute Gasteiger partial charge is 0.497 e. The van der Waals surface area contributed by atoms with Gasteiger partial charge in [0.05, 0.1) is 20.3 Å². The summed E-state index contributed by atoms with van der Waals surface area (Å²) in [6, 6.07) is 5.50. The molecular formula is C15H24O3. The molecule has 18 heavy (non-hydrogen) atoms. The normalized spacial score (nSPS) is 13.2. The Balaban J connectivity index is 2.85. The molecule has 0 saturated heterocycles. The average molecular weight is 252 g/mol. The van der Waals surface area contributed by atoms with Crippen LogP contribution in [0.1, 0.15) is 45.3 Å². The SMILES string of the molecule is COc1ccc(OC)c(C(O)CCC(C)(C)C)c1. The molecule has 0 aliphatic rings. The van der Waals surface area contributed by atoms with Gasteiger partial charge >= 0.3 is 0 Å². The molecule has 0 aliphatic heterocycles. The van der Waals surface area contributed by atoms with Crippen molar-refractivity contribution in [3.05, 3.63) is 23.8 Å². The van der Waals surface area contributed by atoms with Crippen LogP contribution >= 0.6 is 0 Å². The highest BCUT2D eigenvalue weighted by atomic mass is 16.5. The fourth-order valence-electron chi connectivity index (χ4n) is 1.83. The standard InChI is InChI=1S/C15H24O3/c1-15(2,3)9-8-13(16)12-10-11(17-4)6-7-14(12)18-5/h6-7,10,13,16H,8-9H2,1-5H3. The summed E-state index contributed by atoms with van der Waals surface area (Å²) < 4.78 is 10.5. The van der Waals surface area contributed by atoms with Crippen LogP contribution < -0.4 is 9.47 Å². The maximum absolute atomic E-state index is 10.3. The van der Waals surface area contributed by atoms with Crippen LogP contribution in [0.25, 0.3) is 0 Å². The molecule has 1 unspecified atom stereocenters. The average Bonchev–Trinajstić information content (AvgIpc) is 2.34. The number of methoxy groups -OCH3 is 2. The molecule has 0 amide bonds. The molecule has 1 atom stereocenters. The fourth-order valence-corrected chi connectivity index (χ4v) is 1.83. The van der Waals surface area contributed by atoms with Gasteiger partial charge in [-0.05, 0) is 36.5 Å². The van der Waals surface area contributed by atoms with Gasteiger partial charge in [0.2, 0.25) is 0 Å². The summed E-state index contributed by atoms with van der Waals surface area (Å²) in [5.41, 5.74) is 1.01. The zero-order chi connectivity index (χ0) is 13.8. The van der Waals surface area contributed by atoms with E-state index in [9.17, 15) is 5.11 Å². The minimum Gasteiger partial charge on any atom is -0.497 e. The van der Waals surface area contributed by atoms with Crippen LogP contribution in [0.2, 0.25) is 0 Å². The molecule has 1 aromatic rings. The highest BCUT2D eigenvalue weighted by Gasteiger charge is 2.18. The summed E-state index contributed by atoms with van der Waals surface area (Å²) in [5, 5.41) is 10.3. The summed E-state index contributed by atoms with van der Waals surface area (Å²) >= 11 is 0. The smallest absolute Gasteiger partial charge is 0.124 e. The van der Waals surface area contributed by atoms with Gasteiger partial charge in [-0.3, -0.25) is 0 Å². The quantitative estimate of drug-likeness (QED) is 0.870. The first-order chi connectivity index (χ1) is 8.37. The summed E-state index contributed by atoms with van der Waals surface area (Å²) in [6.07, 6.45) is 1.15. The van der Waals surface area contributed by atoms with E-state index in [1.807, 2.05) is 18.2 Å². The van der Waals surface area contributed by atoms with Gasteiger partial charge < -0.3 is 14.6 Å². The highest BCUT2D eigenvalue weighted by Crippen LogP contribution is 2.34. The van der Waals surface area contributed by atoms with Gasteiger partial charge in [0, 0.05) is 5.56 Å². The van der Waals surface area contributed by atoms with Crippen LogP contribution in [0.3, 0.4) is 0 Å². The van der Waals surface area contributed by atoms with E-state index in [0.717, 1.165) is 17.7 Å². The lowest BCUT2D eigenvalue weighted by molar-refractivity contribution is 0.144. The first-order valence-corrected chi connectivity index (χ1v) is 6.27. The minimum atomic E-state index is -0.519. The summed E-state index contributed by atoms with van der Waals surface area (Å²) in [4.78, 5) is 0. The van der Waals surface area contributed by atoms with E-state index in [-0.39, 0.29) is 5.41 Å². The van der Waals surface area contributed by atoms with Crippen molar-refractivity contribution in [2.45, 2.75) is 39.7 Å². The van der Waals surface area contributed by atoms with Crippen molar-refractivity contribution in [1.82, 2.24) is 0 Å². The molecule has 0 aliphatic carbocycles. The zero-order valence-electron chi connectivity index (χ0n) is 12.0. The molecule has 1 N–H and O–H groups in total. The molecule has 0 aromatic heterocycles. The van der Waals surface area contributed by atoms with Crippen molar-refractivity contribution in [2.75, 3.05) is 14.2 Å². The lowest BCUT2D eigenvalue weighted by atomic mass is 9.88. The first kappa shape index (κ1) is 14.8. The number of aliphatic hydroxyl groups excluding tert-OH is 1. The zero-order valence-corrected chi connectivity index (χ0v) is 12.0. The Morgan fingerprint density at radius 2 is 1.83 bits per heavy atom. The molecule has 0 bridgehead atoms. The predicted octanol–water partition coefficient (Wildman–Crippen LogP) is 3.56. The Kier molecular flexibility index (Phi) is 5.03. The lowest BCUT2D eigenvalue weighted by Gasteiger charge is -2.21. The van der Waals surface area contributed by atoms with Crippen LogP contribution in [-0.4, -0.2) is 19.3 Å². The van der Waals surface area contributed by atoms with Gasteiger partial charge in [0.1, 0.15) is 11.5 Å². The van der Waals surface area contributed by atoms with E-state index in [1.54, 1.807) is 14.2 Å². The number of rotatable bonds is 5. The second kappa shape index (κ2) is 6.10. The van der Waals surface area contributed by atoms with Gasteiger partial charge in [-0.25, -0.2) is 0 Å². The van der Waals surface area contributed by atoms with Crippen molar-refractivity contribution < 1.29 is 14.6 Å². The monoisotopic (exact) mass is 252 g/mol.